The molecule has 0 spiro atoms. The van der Waals surface area contributed by atoms with Crippen molar-refractivity contribution in [1.29, 1.82) is 0 Å². The first-order valence-electron chi connectivity index (χ1n) is 25.0. The van der Waals surface area contributed by atoms with E-state index in [1.54, 1.807) is 33.5 Å². The molecule has 0 saturated carbocycles. The van der Waals surface area contributed by atoms with Gasteiger partial charge in [-0.25, -0.2) is 23.9 Å². The summed E-state index contributed by atoms with van der Waals surface area (Å²) in [7, 11) is 2.57. The Balaban J connectivity index is 0.00000273. The number of aryl methyl sites for hydroxylation is 1. The van der Waals surface area contributed by atoms with Gasteiger partial charge in [0, 0.05) is 34.5 Å². The Morgan fingerprint density at radius 2 is 1.43 bits per heavy atom. The second kappa shape index (κ2) is 23.7. The van der Waals surface area contributed by atoms with Crippen molar-refractivity contribution in [3.8, 4) is 39.5 Å². The molecule has 0 aliphatic carbocycles. The fourth-order valence-corrected chi connectivity index (χ4v) is 12.3. The van der Waals surface area contributed by atoms with Gasteiger partial charge in [-0.2, -0.15) is 40.5 Å². The number of amides is 4. The number of fused-ring (bicyclic) bond motifs is 5. The smallest absolute Gasteiger partial charge is 0.407 e. The third-order valence-corrected chi connectivity index (χ3v) is 16.0. The van der Waals surface area contributed by atoms with Crippen LogP contribution in [0.4, 0.5) is 14.0 Å². The van der Waals surface area contributed by atoms with Gasteiger partial charge in [0.1, 0.15) is 35.3 Å². The number of methoxy groups -OCH3 is 2. The molecule has 4 aromatic heterocycles. The number of hydrogen-bond acceptors (Lipinski definition) is 11. The second-order valence-corrected chi connectivity index (χ2v) is 21.0. The van der Waals surface area contributed by atoms with E-state index < -0.39 is 36.3 Å². The van der Waals surface area contributed by atoms with Crippen LogP contribution >= 0.6 is 51.8 Å². The first kappa shape index (κ1) is 57.0. The van der Waals surface area contributed by atoms with Gasteiger partial charge in [-0.05, 0) is 113 Å². The van der Waals surface area contributed by atoms with E-state index in [0.717, 1.165) is 52.7 Å². The lowest BCUT2D eigenvalue weighted by molar-refractivity contribution is -0.138. The van der Waals surface area contributed by atoms with Crippen LogP contribution < -0.4 is 15.4 Å². The summed E-state index contributed by atoms with van der Waals surface area (Å²) < 4.78 is 41.7. The summed E-state index contributed by atoms with van der Waals surface area (Å²) in [6.45, 7) is 10.9. The molecule has 8 heterocycles. The molecule has 8 atom stereocenters. The van der Waals surface area contributed by atoms with Gasteiger partial charge < -0.3 is 49.3 Å². The van der Waals surface area contributed by atoms with Gasteiger partial charge in [0.05, 0.1) is 83.9 Å². The van der Waals surface area contributed by atoms with Crippen molar-refractivity contribution in [1.82, 2.24) is 44.9 Å². The molecule has 3 fully saturated rings. The average molecular weight is 1110 g/mol. The Morgan fingerprint density at radius 1 is 0.813 bits per heavy atom. The van der Waals surface area contributed by atoms with Crippen molar-refractivity contribution < 1.29 is 42.5 Å². The van der Waals surface area contributed by atoms with Gasteiger partial charge >= 0.3 is 12.2 Å². The van der Waals surface area contributed by atoms with Gasteiger partial charge in [-0.1, -0.05) is 26.8 Å². The zero-order chi connectivity index (χ0) is 50.5. The molecule has 4 amide bonds. The summed E-state index contributed by atoms with van der Waals surface area (Å²) in [5.41, 5.74) is 4.62. The van der Waals surface area contributed by atoms with Gasteiger partial charge in [-0.15, -0.1) is 11.3 Å². The van der Waals surface area contributed by atoms with E-state index in [-0.39, 0.29) is 88.4 Å². The highest BCUT2D eigenvalue weighted by Crippen LogP contribution is 2.48. The van der Waals surface area contributed by atoms with Crippen molar-refractivity contribution in [3.05, 3.63) is 88.1 Å². The maximum Gasteiger partial charge on any atom is 0.407 e. The molecule has 4 N–H and O–H groups in total. The quantitative estimate of drug-likeness (QED) is 0.0915. The number of aromatic amines is 2. The van der Waals surface area contributed by atoms with Crippen LogP contribution in [0, 0.1) is 17.7 Å². The van der Waals surface area contributed by atoms with Crippen molar-refractivity contribution in [2.24, 2.45) is 11.8 Å². The number of aromatic nitrogens is 5. The maximum atomic E-state index is 17.0. The third-order valence-electron chi connectivity index (χ3n) is 14.7. The fourth-order valence-electron chi connectivity index (χ4n) is 11.3. The van der Waals surface area contributed by atoms with Crippen LogP contribution in [0.25, 0.3) is 44.7 Å². The number of alkyl carbamates (subject to hydrolysis) is 2. The normalized spacial score (nSPS) is 21.7. The van der Waals surface area contributed by atoms with E-state index in [1.165, 1.54) is 25.2 Å². The first-order chi connectivity index (χ1) is 34.7. The largest absolute Gasteiger partial charge is 0.464 e. The molecule has 0 radical (unpaired) electrons. The van der Waals surface area contributed by atoms with Crippen molar-refractivity contribution in [3.63, 3.8) is 0 Å². The van der Waals surface area contributed by atoms with Gasteiger partial charge in [-0.3, -0.25) is 14.2 Å². The molecule has 75 heavy (non-hydrogen) atoms. The zero-order valence-corrected chi connectivity index (χ0v) is 46.9. The molecule has 10 rings (SSSR count). The molecule has 17 nitrogen and oxygen atoms in total. The summed E-state index contributed by atoms with van der Waals surface area (Å²) in [5.74, 6) is 0.483. The average Bonchev–Trinajstić information content (AvgIpc) is 4.23. The number of benzene rings is 2. The van der Waals surface area contributed by atoms with Crippen LogP contribution in [-0.4, -0.2) is 110 Å². The number of nitrogens with one attached hydrogen (secondary N) is 4. The number of thiophene rings is 1. The minimum absolute atomic E-state index is 0. The molecule has 3 saturated heterocycles. The monoisotopic (exact) mass is 1110 g/mol. The summed E-state index contributed by atoms with van der Waals surface area (Å²) in [6.07, 6.45) is 6.44. The standard InChI is InChI=1S/C53H62FN9O8S.3H2S/c1-8-34-14-16-43(72-34)51-63-38-15-13-30(36-25-55-47(57-36)39-11-9-17-61(39)49(64)45(27(2)3)59-52(66)68-6)21-32(38)23-41(63)44-35(54)22-31(24-42(44)71-51)37-26-56-48(58-37)40-12-10-18-62(40)50(65)46(60-53(67)69-7)33-19-28(4)70-29(5)20-33;;;/h13-16,21-29,33,39-40,45-46,51H,8-12,17-20H2,1-7H3,(H,55,57)(H,56,58)(H,59,66)(H,60,67);3*1H2/t28-,29+,33?,39-,40-,45-,46?,51?;;;/m0.../s1. The Morgan fingerprint density at radius 3 is 2.03 bits per heavy atom. The predicted octanol–water partition coefficient (Wildman–Crippen LogP) is 9.76. The number of ether oxygens (including phenoxy) is 4. The number of H-pyrrole nitrogens is 2. The number of rotatable bonds is 12. The zero-order valence-electron chi connectivity index (χ0n) is 43.1. The maximum absolute atomic E-state index is 17.0. The third kappa shape index (κ3) is 11.1. The minimum atomic E-state index is -0.798. The van der Waals surface area contributed by atoms with E-state index in [9.17, 15) is 19.2 Å². The number of halogens is 1. The number of imidazole rings is 2. The molecule has 3 unspecified atom stereocenters. The van der Waals surface area contributed by atoms with Crippen LogP contribution in [0.3, 0.4) is 0 Å². The van der Waals surface area contributed by atoms with Crippen LogP contribution in [0.1, 0.15) is 113 Å². The summed E-state index contributed by atoms with van der Waals surface area (Å²) in [6, 6.07) is 13.4. The number of nitrogens with zero attached hydrogens (tertiary/aromatic N) is 5. The highest BCUT2D eigenvalue weighted by molar-refractivity contribution is 7.59. The Bertz CT molecular complexity index is 3020. The topological polar surface area (TPSA) is 198 Å². The highest BCUT2D eigenvalue weighted by atomic mass is 32.1. The van der Waals surface area contributed by atoms with Crippen molar-refractivity contribution in [2.45, 2.75) is 122 Å². The van der Waals surface area contributed by atoms with Crippen LogP contribution in [0.5, 0.6) is 5.75 Å². The lowest BCUT2D eigenvalue weighted by Gasteiger charge is -2.38. The Hall–Kier alpha value is -5.68. The lowest BCUT2D eigenvalue weighted by Crippen LogP contribution is -2.54. The predicted molar refractivity (Wildman–Crippen MR) is 300 cm³/mol. The van der Waals surface area contributed by atoms with E-state index in [1.807, 2.05) is 52.0 Å². The van der Waals surface area contributed by atoms with Crippen LogP contribution in [0.15, 0.2) is 60.9 Å². The van der Waals surface area contributed by atoms with Gasteiger partial charge in [0.25, 0.3) is 0 Å². The molecule has 22 heteroatoms. The highest BCUT2D eigenvalue weighted by Gasteiger charge is 2.43. The summed E-state index contributed by atoms with van der Waals surface area (Å²) in [5, 5.41) is 6.43. The number of likely N-dealkylation sites (tertiary alicyclic amines) is 2. The number of hydrogen-bond donors (Lipinski definition) is 4. The fraction of sp³-hybridized carbons (Fsp3) is 0.472. The van der Waals surface area contributed by atoms with E-state index in [4.69, 9.17) is 28.9 Å². The molecule has 4 aliphatic heterocycles. The molecule has 0 bridgehead atoms. The van der Waals surface area contributed by atoms with E-state index in [2.05, 4.69) is 50.3 Å². The van der Waals surface area contributed by atoms with E-state index >= 15 is 4.39 Å². The summed E-state index contributed by atoms with van der Waals surface area (Å²) >= 11 is 1.66. The van der Waals surface area contributed by atoms with Crippen molar-refractivity contribution >= 4 is 86.7 Å². The van der Waals surface area contributed by atoms with Crippen LogP contribution in [0.2, 0.25) is 0 Å². The number of carbonyl (C=O) groups is 4. The lowest BCUT2D eigenvalue weighted by atomic mass is 9.85. The SMILES string of the molecule is CCc1ccc(C2Oc3cc(-c4cnc([C@@H]5CCCN5C(=O)C(NC(=O)OC)C5C[C@@H](C)O[C@@H](C)C5)[nH]4)cc(F)c3-c3cc4cc(-c5cnc([C@@H]6CCCN6C(=O)[C@@H](NC(=O)OC)C(C)C)[nH]5)ccc4n32)s1.S.S.S. The first-order valence-corrected chi connectivity index (χ1v) is 25.8. The Labute approximate surface area is 460 Å². The molecule has 404 valence electrons. The van der Waals surface area contributed by atoms with E-state index in [0.29, 0.717) is 72.3 Å². The molecular weight excluding hydrogens is 1040 g/mol. The minimum Gasteiger partial charge on any atom is -0.464 e. The van der Waals surface area contributed by atoms with Crippen LogP contribution in [-0.2, 0) is 30.2 Å². The van der Waals surface area contributed by atoms with Gasteiger partial charge in [0.2, 0.25) is 18.0 Å². The molecule has 2 aromatic carbocycles. The summed E-state index contributed by atoms with van der Waals surface area (Å²) in [4.78, 5) is 75.2. The molecule has 6 aromatic rings. The number of carbonyl (C=O) groups excluding carboxylic acids is 4. The van der Waals surface area contributed by atoms with Crippen molar-refractivity contribution in [2.75, 3.05) is 27.3 Å². The second-order valence-electron chi connectivity index (χ2n) is 19.8. The Kier molecular flexibility index (Phi) is 18.0. The molecule has 4 aliphatic rings. The van der Waals surface area contributed by atoms with Gasteiger partial charge in [0.15, 0.2) is 0 Å². The molecular formula is C53H68FN9O8S4.